The molecule has 0 heteroatoms. The summed E-state index contributed by atoms with van der Waals surface area (Å²) in [6, 6.07) is 6.74. The molecule has 1 aromatic rings. The Hall–Kier alpha value is -1.04. The topological polar surface area (TPSA) is 0 Å². The highest BCUT2D eigenvalue weighted by atomic mass is 14.2. The van der Waals surface area contributed by atoms with Gasteiger partial charge in [0.15, 0.2) is 0 Å². The number of hydrogen-bond acceptors (Lipinski definition) is 0. The van der Waals surface area contributed by atoms with Gasteiger partial charge in [0.25, 0.3) is 0 Å². The van der Waals surface area contributed by atoms with Crippen molar-refractivity contribution in [1.29, 1.82) is 0 Å². The minimum absolute atomic E-state index is 0.721. The van der Waals surface area contributed by atoms with Crippen molar-refractivity contribution in [2.75, 3.05) is 0 Å². The van der Waals surface area contributed by atoms with Gasteiger partial charge in [-0.2, -0.15) is 0 Å². The van der Waals surface area contributed by atoms with Crippen molar-refractivity contribution < 1.29 is 0 Å². The summed E-state index contributed by atoms with van der Waals surface area (Å²) in [5.74, 6) is 0.721. The fourth-order valence-corrected chi connectivity index (χ4v) is 2.19. The van der Waals surface area contributed by atoms with Crippen LogP contribution >= 0.6 is 0 Å². The molecule has 0 saturated heterocycles. The zero-order valence-electron chi connectivity index (χ0n) is 10.2. The van der Waals surface area contributed by atoms with E-state index in [2.05, 4.69) is 45.5 Å². The van der Waals surface area contributed by atoms with Crippen LogP contribution in [0.3, 0.4) is 0 Å². The van der Waals surface area contributed by atoms with Gasteiger partial charge < -0.3 is 0 Å². The molecule has 0 amide bonds. The Labute approximate surface area is 94.0 Å². The maximum atomic E-state index is 3.82. The summed E-state index contributed by atoms with van der Waals surface area (Å²) in [6.45, 7) is 10.6. The lowest BCUT2D eigenvalue weighted by atomic mass is 9.88. The molecule has 1 rings (SSSR count). The highest BCUT2D eigenvalue weighted by Crippen LogP contribution is 2.27. The Morgan fingerprint density at radius 1 is 1.20 bits per heavy atom. The van der Waals surface area contributed by atoms with Crippen molar-refractivity contribution >= 4 is 6.08 Å². The van der Waals surface area contributed by atoms with E-state index in [0.717, 1.165) is 12.3 Å². The van der Waals surface area contributed by atoms with Gasteiger partial charge >= 0.3 is 0 Å². The molecule has 0 N–H and O–H groups in total. The Morgan fingerprint density at radius 3 is 2.33 bits per heavy atom. The minimum Gasteiger partial charge on any atom is -0.0985 e. The van der Waals surface area contributed by atoms with Gasteiger partial charge in [0.1, 0.15) is 0 Å². The first-order chi connectivity index (χ1) is 7.26. The second-order valence-electron chi connectivity index (χ2n) is 4.03. The largest absolute Gasteiger partial charge is 0.0985 e. The summed E-state index contributed by atoms with van der Waals surface area (Å²) < 4.78 is 0. The molecule has 0 atom stereocenters. The molecule has 0 aliphatic rings. The van der Waals surface area contributed by atoms with E-state index in [0.29, 0.717) is 0 Å². The molecule has 0 heterocycles. The van der Waals surface area contributed by atoms with Gasteiger partial charge in [-0.3, -0.25) is 0 Å². The SMILES string of the molecule is C=Cc1ccc(C(CC)CC)c(CC)c1. The van der Waals surface area contributed by atoms with Gasteiger partial charge in [-0.05, 0) is 41.9 Å². The first kappa shape index (κ1) is 12.0. The smallest absolute Gasteiger partial charge is 0.0164 e. The van der Waals surface area contributed by atoms with Gasteiger partial charge in [-0.1, -0.05) is 51.6 Å². The molecule has 0 saturated carbocycles. The van der Waals surface area contributed by atoms with Crippen LogP contribution in [-0.4, -0.2) is 0 Å². The van der Waals surface area contributed by atoms with E-state index in [9.17, 15) is 0 Å². The second-order valence-corrected chi connectivity index (χ2v) is 4.03. The van der Waals surface area contributed by atoms with E-state index < -0.39 is 0 Å². The molecule has 15 heavy (non-hydrogen) atoms. The molecular weight excluding hydrogens is 180 g/mol. The summed E-state index contributed by atoms with van der Waals surface area (Å²) in [6.07, 6.45) is 5.51. The Bertz CT molecular complexity index is 319. The molecule has 0 unspecified atom stereocenters. The first-order valence-electron chi connectivity index (χ1n) is 6.02. The van der Waals surface area contributed by atoms with Crippen LogP contribution in [0.4, 0.5) is 0 Å². The second kappa shape index (κ2) is 5.75. The molecule has 1 aromatic carbocycles. The zero-order chi connectivity index (χ0) is 11.3. The van der Waals surface area contributed by atoms with Crippen molar-refractivity contribution in [3.8, 4) is 0 Å². The fraction of sp³-hybridized carbons (Fsp3) is 0.467. The lowest BCUT2D eigenvalue weighted by molar-refractivity contribution is 0.635. The third-order valence-corrected chi connectivity index (χ3v) is 3.21. The van der Waals surface area contributed by atoms with Gasteiger partial charge in [-0.15, -0.1) is 0 Å². The van der Waals surface area contributed by atoms with Crippen LogP contribution in [0.5, 0.6) is 0 Å². The van der Waals surface area contributed by atoms with Crippen molar-refractivity contribution in [3.05, 3.63) is 41.5 Å². The van der Waals surface area contributed by atoms with E-state index in [1.165, 1.54) is 29.5 Å². The van der Waals surface area contributed by atoms with Gasteiger partial charge in [0.05, 0.1) is 0 Å². The summed E-state index contributed by atoms with van der Waals surface area (Å²) in [7, 11) is 0. The van der Waals surface area contributed by atoms with E-state index in [1.807, 2.05) is 6.08 Å². The molecule has 0 aliphatic carbocycles. The summed E-state index contributed by atoms with van der Waals surface area (Å²) >= 11 is 0. The standard InChI is InChI=1S/C15H22/c1-5-12-9-10-15(13(6-2)7-3)14(8-4)11-12/h5,9-11,13H,1,6-8H2,2-4H3. The zero-order valence-corrected chi connectivity index (χ0v) is 10.2. The molecule has 0 bridgehead atoms. The van der Waals surface area contributed by atoms with E-state index >= 15 is 0 Å². The monoisotopic (exact) mass is 202 g/mol. The van der Waals surface area contributed by atoms with Gasteiger partial charge in [0, 0.05) is 0 Å². The van der Waals surface area contributed by atoms with E-state index in [-0.39, 0.29) is 0 Å². The summed E-state index contributed by atoms with van der Waals surface area (Å²) in [5, 5.41) is 0. The summed E-state index contributed by atoms with van der Waals surface area (Å²) in [4.78, 5) is 0. The predicted octanol–water partition coefficient (Wildman–Crippen LogP) is 4.80. The maximum absolute atomic E-state index is 3.82. The van der Waals surface area contributed by atoms with Crippen LogP contribution in [0.1, 0.15) is 56.2 Å². The molecule has 0 radical (unpaired) electrons. The Morgan fingerprint density at radius 2 is 1.87 bits per heavy atom. The number of rotatable bonds is 5. The first-order valence-corrected chi connectivity index (χ1v) is 6.02. The molecule has 0 fully saturated rings. The van der Waals surface area contributed by atoms with Crippen molar-refractivity contribution in [2.45, 2.75) is 46.0 Å². The molecule has 0 aliphatic heterocycles. The average molecular weight is 202 g/mol. The molecule has 0 spiro atoms. The fourth-order valence-electron chi connectivity index (χ4n) is 2.19. The van der Waals surface area contributed by atoms with Crippen LogP contribution < -0.4 is 0 Å². The van der Waals surface area contributed by atoms with Gasteiger partial charge in [0.2, 0.25) is 0 Å². The lowest BCUT2D eigenvalue weighted by Crippen LogP contribution is -2.00. The van der Waals surface area contributed by atoms with Crippen LogP contribution in [0.25, 0.3) is 6.08 Å². The van der Waals surface area contributed by atoms with E-state index in [1.54, 1.807) is 0 Å². The number of hydrogen-bond donors (Lipinski definition) is 0. The van der Waals surface area contributed by atoms with Gasteiger partial charge in [-0.25, -0.2) is 0 Å². The Balaban J connectivity index is 3.11. The van der Waals surface area contributed by atoms with Crippen molar-refractivity contribution in [2.24, 2.45) is 0 Å². The number of benzene rings is 1. The highest BCUT2D eigenvalue weighted by molar-refractivity contribution is 5.50. The predicted molar refractivity (Wildman–Crippen MR) is 69.2 cm³/mol. The minimum atomic E-state index is 0.721. The molecule has 0 aromatic heterocycles. The van der Waals surface area contributed by atoms with Crippen LogP contribution in [0.15, 0.2) is 24.8 Å². The van der Waals surface area contributed by atoms with Crippen molar-refractivity contribution in [1.82, 2.24) is 0 Å². The van der Waals surface area contributed by atoms with Crippen LogP contribution in [0, 0.1) is 0 Å². The third kappa shape index (κ3) is 2.71. The quantitative estimate of drug-likeness (QED) is 0.643. The molecular formula is C15H22. The highest BCUT2D eigenvalue weighted by Gasteiger charge is 2.10. The third-order valence-electron chi connectivity index (χ3n) is 3.21. The maximum Gasteiger partial charge on any atom is -0.0164 e. The van der Waals surface area contributed by atoms with Crippen LogP contribution in [0.2, 0.25) is 0 Å². The molecule has 0 nitrogen and oxygen atoms in total. The van der Waals surface area contributed by atoms with E-state index in [4.69, 9.17) is 0 Å². The summed E-state index contributed by atoms with van der Waals surface area (Å²) in [5.41, 5.74) is 4.26. The lowest BCUT2D eigenvalue weighted by Gasteiger charge is -2.17. The Kier molecular flexibility index (Phi) is 4.61. The van der Waals surface area contributed by atoms with Crippen LogP contribution in [-0.2, 0) is 6.42 Å². The average Bonchev–Trinajstić information content (AvgIpc) is 2.31. The molecule has 82 valence electrons. The number of aryl methyl sites for hydroxylation is 1. The van der Waals surface area contributed by atoms with Crippen molar-refractivity contribution in [3.63, 3.8) is 0 Å². The normalized spacial score (nSPS) is 10.7.